The molecule has 150 valence electrons. The Bertz CT molecular complexity index is 1440. The Morgan fingerprint density at radius 2 is 1.93 bits per heavy atom. The summed E-state index contributed by atoms with van der Waals surface area (Å²) >= 11 is 1.34. The predicted octanol–water partition coefficient (Wildman–Crippen LogP) is 3.51. The number of nitrogens with zero attached hydrogens (tertiary/aromatic N) is 2. The van der Waals surface area contributed by atoms with Crippen molar-refractivity contribution >= 4 is 38.4 Å². The maximum Gasteiger partial charge on any atom is 0.315 e. The van der Waals surface area contributed by atoms with Crippen molar-refractivity contribution in [3.8, 4) is 11.5 Å². The summed E-state index contributed by atoms with van der Waals surface area (Å²) in [6.07, 6.45) is 1.72. The minimum atomic E-state index is -0.625. The second kappa shape index (κ2) is 7.31. The number of para-hydroxylation sites is 1. The molecular formula is C22H16N2O5S. The lowest BCUT2D eigenvalue weighted by Crippen LogP contribution is -2.17. The average molecular weight is 420 g/mol. The summed E-state index contributed by atoms with van der Waals surface area (Å²) < 4.78 is 19.7. The van der Waals surface area contributed by atoms with E-state index in [4.69, 9.17) is 13.9 Å². The van der Waals surface area contributed by atoms with Crippen LogP contribution in [-0.4, -0.2) is 23.7 Å². The molecule has 0 spiro atoms. The first-order valence-corrected chi connectivity index (χ1v) is 10.1. The molecular weight excluding hydrogens is 404 g/mol. The first kappa shape index (κ1) is 18.4. The number of thiazole rings is 1. The van der Waals surface area contributed by atoms with Crippen molar-refractivity contribution in [2.24, 2.45) is 4.99 Å². The van der Waals surface area contributed by atoms with Crippen molar-refractivity contribution < 1.29 is 18.7 Å². The number of aromatic nitrogens is 1. The van der Waals surface area contributed by atoms with Crippen LogP contribution in [0, 0.1) is 0 Å². The van der Waals surface area contributed by atoms with Crippen molar-refractivity contribution in [3.05, 3.63) is 75.9 Å². The number of benzene rings is 2. The van der Waals surface area contributed by atoms with Crippen molar-refractivity contribution in [1.82, 2.24) is 4.57 Å². The SMILES string of the molecule is C=CCn1c(=NC(=O)c2cc(=O)c3ccccc3o2)sc2cc3c(cc21)OCCO3. The minimum Gasteiger partial charge on any atom is -0.486 e. The third-order valence-electron chi connectivity index (χ3n) is 4.70. The fourth-order valence-electron chi connectivity index (χ4n) is 3.35. The Morgan fingerprint density at radius 1 is 1.17 bits per heavy atom. The number of hydrogen-bond donors (Lipinski definition) is 0. The van der Waals surface area contributed by atoms with Gasteiger partial charge in [-0.3, -0.25) is 9.59 Å². The molecule has 0 bridgehead atoms. The summed E-state index contributed by atoms with van der Waals surface area (Å²) in [4.78, 5) is 29.8. The van der Waals surface area contributed by atoms with Gasteiger partial charge in [0.1, 0.15) is 18.8 Å². The zero-order valence-electron chi connectivity index (χ0n) is 15.8. The van der Waals surface area contributed by atoms with Crippen LogP contribution in [0.3, 0.4) is 0 Å². The molecule has 0 atom stereocenters. The van der Waals surface area contributed by atoms with Crippen LogP contribution in [0.1, 0.15) is 10.6 Å². The maximum atomic E-state index is 12.8. The number of fused-ring (bicyclic) bond motifs is 3. The van der Waals surface area contributed by atoms with Gasteiger partial charge in [-0.15, -0.1) is 6.58 Å². The highest BCUT2D eigenvalue weighted by molar-refractivity contribution is 7.16. The Hall–Kier alpha value is -3.65. The molecule has 8 heteroatoms. The van der Waals surface area contributed by atoms with E-state index in [2.05, 4.69) is 11.6 Å². The van der Waals surface area contributed by atoms with Crippen LogP contribution < -0.4 is 19.7 Å². The molecule has 7 nitrogen and oxygen atoms in total. The van der Waals surface area contributed by atoms with Gasteiger partial charge in [0.25, 0.3) is 0 Å². The van der Waals surface area contributed by atoms with Crippen LogP contribution in [0.2, 0.25) is 0 Å². The predicted molar refractivity (Wildman–Crippen MR) is 113 cm³/mol. The van der Waals surface area contributed by atoms with Crippen molar-refractivity contribution in [2.75, 3.05) is 13.2 Å². The third-order valence-corrected chi connectivity index (χ3v) is 5.74. The molecule has 1 aliphatic heterocycles. The van der Waals surface area contributed by atoms with E-state index in [0.717, 1.165) is 10.2 Å². The van der Waals surface area contributed by atoms with Gasteiger partial charge in [0.2, 0.25) is 0 Å². The second-order valence-electron chi connectivity index (χ2n) is 6.64. The fourth-order valence-corrected chi connectivity index (χ4v) is 4.40. The highest BCUT2D eigenvalue weighted by Gasteiger charge is 2.17. The number of hydrogen-bond acceptors (Lipinski definition) is 6. The van der Waals surface area contributed by atoms with Gasteiger partial charge in [0, 0.05) is 24.7 Å². The van der Waals surface area contributed by atoms with Gasteiger partial charge >= 0.3 is 5.91 Å². The van der Waals surface area contributed by atoms with E-state index < -0.39 is 5.91 Å². The molecule has 30 heavy (non-hydrogen) atoms. The smallest absolute Gasteiger partial charge is 0.315 e. The Labute approximate surface area is 174 Å². The van der Waals surface area contributed by atoms with Crippen molar-refractivity contribution in [2.45, 2.75) is 6.54 Å². The molecule has 0 unspecified atom stereocenters. The topological polar surface area (TPSA) is 83.0 Å². The Morgan fingerprint density at radius 3 is 2.73 bits per heavy atom. The van der Waals surface area contributed by atoms with Crippen LogP contribution in [0.4, 0.5) is 0 Å². The standard InChI is InChI=1S/C22H16N2O5S/c1-2-7-24-14-10-17-18(28-9-8-27-17)12-20(14)30-22(24)23-21(26)19-11-15(25)13-5-3-4-6-16(13)29-19/h2-6,10-12H,1,7-9H2. The van der Waals surface area contributed by atoms with E-state index in [1.165, 1.54) is 17.4 Å². The lowest BCUT2D eigenvalue weighted by molar-refractivity contribution is 0.0972. The van der Waals surface area contributed by atoms with Crippen LogP contribution in [-0.2, 0) is 6.54 Å². The van der Waals surface area contributed by atoms with Crippen molar-refractivity contribution in [3.63, 3.8) is 0 Å². The molecule has 0 fully saturated rings. The number of carbonyl (C=O) groups excluding carboxylic acids is 1. The highest BCUT2D eigenvalue weighted by atomic mass is 32.1. The number of rotatable bonds is 3. The summed E-state index contributed by atoms with van der Waals surface area (Å²) in [5.41, 5.74) is 0.921. The second-order valence-corrected chi connectivity index (χ2v) is 7.64. The monoisotopic (exact) mass is 420 g/mol. The zero-order valence-corrected chi connectivity index (χ0v) is 16.6. The molecule has 5 rings (SSSR count). The van der Waals surface area contributed by atoms with Crippen LogP contribution >= 0.6 is 11.3 Å². The van der Waals surface area contributed by atoms with Crippen LogP contribution in [0.25, 0.3) is 21.2 Å². The summed E-state index contributed by atoms with van der Waals surface area (Å²) in [7, 11) is 0. The molecule has 1 amide bonds. The summed E-state index contributed by atoms with van der Waals surface area (Å²) in [6.45, 7) is 5.23. The quantitative estimate of drug-likeness (QED) is 0.474. The molecule has 4 aromatic rings. The van der Waals surface area contributed by atoms with E-state index in [1.54, 1.807) is 30.3 Å². The first-order chi connectivity index (χ1) is 14.6. The molecule has 2 aromatic carbocycles. The summed E-state index contributed by atoms with van der Waals surface area (Å²) in [5.74, 6) is 0.591. The zero-order chi connectivity index (χ0) is 20.7. The third kappa shape index (κ3) is 3.11. The molecule has 0 aliphatic carbocycles. The molecule has 3 heterocycles. The molecule has 1 aliphatic rings. The summed E-state index contributed by atoms with van der Waals surface area (Å²) in [6, 6.07) is 11.7. The molecule has 0 saturated carbocycles. The molecule has 0 N–H and O–H groups in total. The van der Waals surface area contributed by atoms with Crippen LogP contribution in [0.5, 0.6) is 11.5 Å². The number of allylic oxidation sites excluding steroid dienone is 1. The van der Waals surface area contributed by atoms with E-state index in [9.17, 15) is 9.59 Å². The Balaban J connectivity index is 1.66. The van der Waals surface area contributed by atoms with Gasteiger partial charge in [-0.1, -0.05) is 29.5 Å². The maximum absolute atomic E-state index is 12.8. The average Bonchev–Trinajstić information content (AvgIpc) is 3.08. The normalized spacial score (nSPS) is 13.7. The highest BCUT2D eigenvalue weighted by Crippen LogP contribution is 2.35. The van der Waals surface area contributed by atoms with Gasteiger partial charge in [0.15, 0.2) is 27.5 Å². The fraction of sp³-hybridized carbons (Fsp3) is 0.136. The number of ether oxygens (including phenoxy) is 2. The van der Waals surface area contributed by atoms with Crippen LogP contribution in [0.15, 0.2) is 69.3 Å². The first-order valence-electron chi connectivity index (χ1n) is 9.30. The lowest BCUT2D eigenvalue weighted by atomic mass is 10.2. The number of amides is 1. The Kier molecular flexibility index (Phi) is 4.48. The van der Waals surface area contributed by atoms with Gasteiger partial charge in [-0.2, -0.15) is 4.99 Å². The van der Waals surface area contributed by atoms with E-state index in [1.807, 2.05) is 16.7 Å². The van der Waals surface area contributed by atoms with Gasteiger partial charge in [-0.05, 0) is 12.1 Å². The lowest BCUT2D eigenvalue weighted by Gasteiger charge is -2.18. The molecule has 0 saturated heterocycles. The minimum absolute atomic E-state index is 0.104. The molecule has 2 aromatic heterocycles. The van der Waals surface area contributed by atoms with Crippen molar-refractivity contribution in [1.29, 1.82) is 0 Å². The van der Waals surface area contributed by atoms with Gasteiger partial charge in [0.05, 0.1) is 15.6 Å². The number of carbonyl (C=O) groups is 1. The van der Waals surface area contributed by atoms with Gasteiger partial charge in [-0.25, -0.2) is 0 Å². The van der Waals surface area contributed by atoms with E-state index in [0.29, 0.717) is 47.0 Å². The summed E-state index contributed by atoms with van der Waals surface area (Å²) in [5, 5.41) is 0.420. The largest absolute Gasteiger partial charge is 0.486 e. The van der Waals surface area contributed by atoms with E-state index in [-0.39, 0.29) is 11.2 Å². The van der Waals surface area contributed by atoms with Gasteiger partial charge < -0.3 is 18.5 Å². The molecule has 0 radical (unpaired) electrons. The van der Waals surface area contributed by atoms with E-state index >= 15 is 0 Å².